The summed E-state index contributed by atoms with van der Waals surface area (Å²) in [6.07, 6.45) is -0.0154. The van der Waals surface area contributed by atoms with Crippen LogP contribution in [0, 0.1) is 0 Å². The lowest BCUT2D eigenvalue weighted by atomic mass is 9.99. The Kier molecular flexibility index (Phi) is 22.8. The van der Waals surface area contributed by atoms with E-state index in [1.54, 1.807) is 48.7 Å². The highest BCUT2D eigenvalue weighted by Gasteiger charge is 2.35. The zero-order chi connectivity index (χ0) is 52.2. The third-order valence-corrected chi connectivity index (χ3v) is 14.5. The van der Waals surface area contributed by atoms with Crippen molar-refractivity contribution in [2.75, 3.05) is 24.7 Å². The van der Waals surface area contributed by atoms with E-state index in [-0.39, 0.29) is 43.6 Å². The van der Waals surface area contributed by atoms with E-state index >= 15 is 0 Å². The average molecular weight is 1030 g/mol. The molecule has 3 aromatic carbocycles. The Labute approximate surface area is 426 Å². The third kappa shape index (κ3) is 17.6. The molecule has 1 saturated heterocycles. The van der Waals surface area contributed by atoms with Gasteiger partial charge in [0.25, 0.3) is 0 Å². The van der Waals surface area contributed by atoms with Gasteiger partial charge in [-0.2, -0.15) is 0 Å². The monoisotopic (exact) mass is 1030 g/mol. The van der Waals surface area contributed by atoms with Gasteiger partial charge in [0.15, 0.2) is 0 Å². The van der Waals surface area contributed by atoms with Crippen molar-refractivity contribution in [1.82, 2.24) is 42.2 Å². The number of benzene rings is 3. The molecule has 5 rings (SSSR count). The molecular formula is C50H68N10O10S2. The Bertz CT molecular complexity index is 2410. The fourth-order valence-electron chi connectivity index (χ4n) is 7.97. The molecule has 1 aliphatic heterocycles. The van der Waals surface area contributed by atoms with Crippen LogP contribution in [0.5, 0.6) is 0 Å². The number of H-pyrrole nitrogens is 1. The van der Waals surface area contributed by atoms with Gasteiger partial charge >= 0.3 is 0 Å². The van der Waals surface area contributed by atoms with Crippen molar-refractivity contribution in [1.29, 1.82) is 0 Å². The van der Waals surface area contributed by atoms with Crippen molar-refractivity contribution in [3.8, 4) is 0 Å². The fourth-order valence-corrected chi connectivity index (χ4v) is 10.3. The van der Waals surface area contributed by atoms with Crippen LogP contribution in [0.1, 0.15) is 56.2 Å². The minimum Gasteiger partial charge on any atom is -0.394 e. The maximum absolute atomic E-state index is 14.7. The van der Waals surface area contributed by atoms with Gasteiger partial charge in [0, 0.05) is 47.5 Å². The number of carbonyl (C=O) groups is 7. The molecule has 2 heterocycles. The van der Waals surface area contributed by atoms with Crippen molar-refractivity contribution in [2.45, 2.75) is 119 Å². The first-order valence-corrected chi connectivity index (χ1v) is 26.5. The van der Waals surface area contributed by atoms with Crippen LogP contribution in [0.4, 0.5) is 0 Å². The second-order valence-corrected chi connectivity index (χ2v) is 20.4. The third-order valence-electron chi connectivity index (χ3n) is 12.1. The summed E-state index contributed by atoms with van der Waals surface area (Å²) < 4.78 is 0. The molecule has 0 radical (unpaired) electrons. The molecule has 1 aliphatic rings. The molecule has 22 heteroatoms. The lowest BCUT2D eigenvalue weighted by Crippen LogP contribution is -2.61. The Balaban J connectivity index is 1.54. The van der Waals surface area contributed by atoms with Crippen molar-refractivity contribution in [2.24, 2.45) is 11.5 Å². The molecule has 1 unspecified atom stereocenters. The second kappa shape index (κ2) is 28.9. The number of para-hydroxylation sites is 1. The summed E-state index contributed by atoms with van der Waals surface area (Å²) in [7, 11) is 2.07. The van der Waals surface area contributed by atoms with Gasteiger partial charge in [0.2, 0.25) is 41.4 Å². The molecule has 7 amide bonds. The van der Waals surface area contributed by atoms with Crippen molar-refractivity contribution in [3.05, 3.63) is 108 Å². The molecule has 20 nitrogen and oxygen atoms in total. The number of aromatic amines is 1. The summed E-state index contributed by atoms with van der Waals surface area (Å²) in [6, 6.07) is 15.5. The van der Waals surface area contributed by atoms with Gasteiger partial charge in [0.1, 0.15) is 30.2 Å². The first kappa shape index (κ1) is 56.9. The molecule has 390 valence electrons. The van der Waals surface area contributed by atoms with Crippen LogP contribution >= 0.6 is 21.6 Å². The SMILES string of the molecule is CC(O)[C@@H]1NC(=O)[C@H](CCCCN)NC(=O)C[C@@H](Cc2c[nH]c3ccccc23)NC(=O)[C@H](Cc2ccccc2)NC(=O)[C@@H](NC(=O)[C@H](N)Cc2ccccc2)CSSC[C@@H](C(=O)N[C@H](CO)[C@@H](C)O)NC1=O. The Morgan fingerprint density at radius 1 is 0.750 bits per heavy atom. The number of unbranched alkanes of at least 4 members (excludes halogenated alkanes) is 1. The number of fused-ring (bicyclic) bond motifs is 1. The number of nitrogens with two attached hydrogens (primary N) is 2. The fraction of sp³-hybridized carbons (Fsp3) is 0.460. The lowest BCUT2D eigenvalue weighted by molar-refractivity contribution is -0.136. The number of nitrogens with one attached hydrogen (secondary N) is 8. The van der Waals surface area contributed by atoms with Crippen molar-refractivity contribution < 1.29 is 48.9 Å². The summed E-state index contributed by atoms with van der Waals surface area (Å²) in [6.45, 7) is 2.26. The number of rotatable bonds is 17. The molecule has 4 aromatic rings. The van der Waals surface area contributed by atoms with Crippen LogP contribution in [0.15, 0.2) is 91.1 Å². The predicted octanol–water partition coefficient (Wildman–Crippen LogP) is -0.415. The van der Waals surface area contributed by atoms with Crippen molar-refractivity contribution in [3.63, 3.8) is 0 Å². The molecule has 0 saturated carbocycles. The van der Waals surface area contributed by atoms with E-state index in [0.717, 1.165) is 43.6 Å². The molecule has 0 spiro atoms. The number of aromatic nitrogens is 1. The standard InChI is InChI=1S/C50H68N10O10S2/c1-29(62)40(26-61)57-49(69)42-28-72-71-27-41(58-45(65)36(52)21-31-13-5-3-6-14-31)48(68)56-39(22-32-15-7-4-8-16-32)47(67)54-34(23-33-25-53-37-18-10-9-17-35(33)37)24-43(64)55-38(19-11-12-20-51)46(66)60-44(30(2)63)50(70)59-42/h3-10,13-18,25,29-30,34,36,38-42,44,53,61-63H,11-12,19-24,26-28,51-52H2,1-2H3,(H,54,67)(H,55,64)(H,56,68)(H,57,69)(H,58,65)(H,59,70)(H,60,66)/t29-,30?,34-,36-,38+,39+,40-,41+,42+,44+/m1/s1. The molecule has 15 N–H and O–H groups in total. The van der Waals surface area contributed by atoms with E-state index in [0.29, 0.717) is 24.9 Å². The lowest BCUT2D eigenvalue weighted by Gasteiger charge is -2.28. The van der Waals surface area contributed by atoms with E-state index in [9.17, 15) is 48.9 Å². The maximum Gasteiger partial charge on any atom is 0.245 e. The van der Waals surface area contributed by atoms with E-state index in [4.69, 9.17) is 11.5 Å². The highest BCUT2D eigenvalue weighted by molar-refractivity contribution is 8.76. The van der Waals surface area contributed by atoms with Crippen LogP contribution in [0.3, 0.4) is 0 Å². The summed E-state index contributed by atoms with van der Waals surface area (Å²) in [5, 5.41) is 50.8. The number of hydrogen-bond acceptors (Lipinski definition) is 14. The van der Waals surface area contributed by atoms with E-state index in [1.165, 1.54) is 13.8 Å². The summed E-state index contributed by atoms with van der Waals surface area (Å²) in [5.41, 5.74) is 15.2. The second-order valence-electron chi connectivity index (χ2n) is 17.9. The van der Waals surface area contributed by atoms with Crippen LogP contribution in [0.25, 0.3) is 10.9 Å². The average Bonchev–Trinajstić information content (AvgIpc) is 3.76. The molecule has 0 bridgehead atoms. The summed E-state index contributed by atoms with van der Waals surface area (Å²) in [4.78, 5) is 102. The zero-order valence-electron chi connectivity index (χ0n) is 40.4. The molecule has 1 aromatic heterocycles. The van der Waals surface area contributed by atoms with Gasteiger partial charge in [-0.1, -0.05) is 100 Å². The van der Waals surface area contributed by atoms with Gasteiger partial charge in [-0.15, -0.1) is 0 Å². The zero-order valence-corrected chi connectivity index (χ0v) is 42.0. The molecule has 0 aliphatic carbocycles. The molecular weight excluding hydrogens is 965 g/mol. The smallest absolute Gasteiger partial charge is 0.245 e. The number of hydrogen-bond donors (Lipinski definition) is 13. The van der Waals surface area contributed by atoms with Crippen LogP contribution in [0.2, 0.25) is 0 Å². The van der Waals surface area contributed by atoms with Gasteiger partial charge < -0.3 is 69.0 Å². The molecule has 72 heavy (non-hydrogen) atoms. The number of aliphatic hydroxyl groups excluding tert-OH is 3. The van der Waals surface area contributed by atoms with Crippen molar-refractivity contribution >= 4 is 73.8 Å². The first-order chi connectivity index (χ1) is 34.6. The highest BCUT2D eigenvalue weighted by Crippen LogP contribution is 2.24. The minimum atomic E-state index is -1.64. The molecule has 1 fully saturated rings. The van der Waals surface area contributed by atoms with Gasteiger partial charge in [-0.05, 0) is 75.3 Å². The Morgan fingerprint density at radius 2 is 1.40 bits per heavy atom. The van der Waals surface area contributed by atoms with E-state index in [2.05, 4.69) is 42.2 Å². The predicted molar refractivity (Wildman–Crippen MR) is 277 cm³/mol. The number of aliphatic hydroxyl groups is 3. The van der Waals surface area contributed by atoms with Crippen LogP contribution in [-0.2, 0) is 52.8 Å². The Hall–Kier alpha value is -6.01. The van der Waals surface area contributed by atoms with Gasteiger partial charge in [-0.3, -0.25) is 33.6 Å². The van der Waals surface area contributed by atoms with Gasteiger partial charge in [-0.25, -0.2) is 0 Å². The topological polar surface area (TPSA) is 332 Å². The minimum absolute atomic E-state index is 0.00606. The van der Waals surface area contributed by atoms with Gasteiger partial charge in [0.05, 0.1) is 30.9 Å². The quantitative estimate of drug-likeness (QED) is 0.0473. The van der Waals surface area contributed by atoms with E-state index < -0.39 is 108 Å². The summed E-state index contributed by atoms with van der Waals surface area (Å²) >= 11 is 0. The normalized spacial score (nSPS) is 22.8. The Morgan fingerprint density at radius 3 is 2.07 bits per heavy atom. The summed E-state index contributed by atoms with van der Waals surface area (Å²) in [5.74, 6) is -5.64. The number of carbonyl (C=O) groups excluding carboxylic acids is 7. The van der Waals surface area contributed by atoms with Crippen LogP contribution < -0.4 is 48.7 Å². The molecule has 10 atom stereocenters. The first-order valence-electron chi connectivity index (χ1n) is 24.0. The van der Waals surface area contributed by atoms with Crippen LogP contribution in [-0.4, -0.2) is 147 Å². The van der Waals surface area contributed by atoms with E-state index in [1.807, 2.05) is 42.5 Å². The maximum atomic E-state index is 14.7. The highest BCUT2D eigenvalue weighted by atomic mass is 33.1. The number of amides is 7. The largest absolute Gasteiger partial charge is 0.394 e.